The van der Waals surface area contributed by atoms with E-state index >= 15 is 0 Å². The molecule has 82 valence electrons. The molecular formula is C10H20N2OS. The number of hydrogen-bond donors (Lipinski definition) is 2. The molecule has 0 aromatic carbocycles. The summed E-state index contributed by atoms with van der Waals surface area (Å²) in [4.78, 5) is 12.0. The molecule has 0 saturated carbocycles. The van der Waals surface area contributed by atoms with Crippen LogP contribution in [0.4, 0.5) is 0 Å². The Morgan fingerprint density at radius 1 is 1.43 bits per heavy atom. The zero-order valence-electron chi connectivity index (χ0n) is 9.17. The first-order chi connectivity index (χ1) is 6.51. The van der Waals surface area contributed by atoms with E-state index in [0.717, 1.165) is 12.8 Å². The van der Waals surface area contributed by atoms with Gasteiger partial charge in [0.1, 0.15) is 0 Å². The van der Waals surface area contributed by atoms with Crippen molar-refractivity contribution < 1.29 is 4.79 Å². The van der Waals surface area contributed by atoms with Crippen LogP contribution in [-0.4, -0.2) is 16.9 Å². The average Bonchev–Trinajstić information content (AvgIpc) is 2.14. The first-order valence-electron chi connectivity index (χ1n) is 5.09. The van der Waals surface area contributed by atoms with Crippen LogP contribution in [-0.2, 0) is 4.79 Å². The first-order valence-corrected chi connectivity index (χ1v) is 5.50. The molecule has 0 saturated heterocycles. The Morgan fingerprint density at radius 3 is 2.36 bits per heavy atom. The summed E-state index contributed by atoms with van der Waals surface area (Å²) in [6.07, 6.45) is 2.31. The number of carbonyl (C=O) groups is 1. The maximum atomic E-state index is 11.5. The SMILES string of the molecule is CCC(CC(N)=S)NC(=O)C(C)CC. The van der Waals surface area contributed by atoms with E-state index in [-0.39, 0.29) is 17.9 Å². The van der Waals surface area contributed by atoms with Gasteiger partial charge in [0.2, 0.25) is 5.91 Å². The van der Waals surface area contributed by atoms with E-state index in [0.29, 0.717) is 11.4 Å². The van der Waals surface area contributed by atoms with Crippen molar-refractivity contribution in [2.24, 2.45) is 11.7 Å². The minimum atomic E-state index is 0.0652. The van der Waals surface area contributed by atoms with Crippen LogP contribution >= 0.6 is 12.2 Å². The van der Waals surface area contributed by atoms with Crippen molar-refractivity contribution in [1.82, 2.24) is 5.32 Å². The summed E-state index contributed by atoms with van der Waals surface area (Å²) in [5.74, 6) is 0.158. The van der Waals surface area contributed by atoms with E-state index in [4.69, 9.17) is 18.0 Å². The summed E-state index contributed by atoms with van der Waals surface area (Å²) in [7, 11) is 0. The standard InChI is InChI=1S/C10H20N2OS/c1-4-7(3)10(13)12-8(5-2)6-9(11)14/h7-8H,4-6H2,1-3H3,(H2,11,14)(H,12,13). The highest BCUT2D eigenvalue weighted by Gasteiger charge is 2.15. The van der Waals surface area contributed by atoms with Gasteiger partial charge in [0, 0.05) is 18.4 Å². The first kappa shape index (κ1) is 13.4. The van der Waals surface area contributed by atoms with E-state index < -0.39 is 0 Å². The van der Waals surface area contributed by atoms with Crippen molar-refractivity contribution in [1.29, 1.82) is 0 Å². The normalized spacial score (nSPS) is 14.5. The van der Waals surface area contributed by atoms with Crippen molar-refractivity contribution in [3.8, 4) is 0 Å². The maximum Gasteiger partial charge on any atom is 0.223 e. The van der Waals surface area contributed by atoms with Gasteiger partial charge in [0.05, 0.1) is 4.99 Å². The molecule has 3 N–H and O–H groups in total. The van der Waals surface area contributed by atoms with Gasteiger partial charge in [-0.15, -0.1) is 0 Å². The zero-order valence-corrected chi connectivity index (χ0v) is 9.99. The molecule has 0 fully saturated rings. The van der Waals surface area contributed by atoms with Crippen LogP contribution in [0.25, 0.3) is 0 Å². The van der Waals surface area contributed by atoms with Gasteiger partial charge in [0.15, 0.2) is 0 Å². The van der Waals surface area contributed by atoms with E-state index in [2.05, 4.69) is 5.32 Å². The number of hydrogen-bond acceptors (Lipinski definition) is 2. The number of amides is 1. The second-order valence-corrected chi connectivity index (χ2v) is 4.12. The molecule has 1 amide bonds. The number of thiocarbonyl (C=S) groups is 1. The van der Waals surface area contributed by atoms with E-state index in [1.54, 1.807) is 0 Å². The van der Waals surface area contributed by atoms with Crippen molar-refractivity contribution in [3.05, 3.63) is 0 Å². The topological polar surface area (TPSA) is 55.1 Å². The molecule has 2 unspecified atom stereocenters. The van der Waals surface area contributed by atoms with E-state index in [1.165, 1.54) is 0 Å². The van der Waals surface area contributed by atoms with Crippen LogP contribution in [0.1, 0.15) is 40.0 Å². The second kappa shape index (κ2) is 6.76. The molecule has 0 aliphatic heterocycles. The van der Waals surface area contributed by atoms with Crippen LogP contribution < -0.4 is 11.1 Å². The fourth-order valence-electron chi connectivity index (χ4n) is 1.07. The highest BCUT2D eigenvalue weighted by Crippen LogP contribution is 2.04. The third-order valence-electron chi connectivity index (χ3n) is 2.35. The number of rotatable bonds is 6. The van der Waals surface area contributed by atoms with Gasteiger partial charge in [-0.05, 0) is 12.8 Å². The van der Waals surface area contributed by atoms with Gasteiger partial charge in [-0.1, -0.05) is 33.0 Å². The minimum Gasteiger partial charge on any atom is -0.393 e. The summed E-state index contributed by atoms with van der Waals surface area (Å²) in [5.41, 5.74) is 5.43. The lowest BCUT2D eigenvalue weighted by Crippen LogP contribution is -2.39. The summed E-state index contributed by atoms with van der Waals surface area (Å²) in [6.45, 7) is 5.93. The van der Waals surface area contributed by atoms with Crippen LogP contribution in [0.2, 0.25) is 0 Å². The van der Waals surface area contributed by atoms with Crippen molar-refractivity contribution in [3.63, 3.8) is 0 Å². The Bertz CT molecular complexity index is 206. The van der Waals surface area contributed by atoms with Gasteiger partial charge < -0.3 is 11.1 Å². The fourth-order valence-corrected chi connectivity index (χ4v) is 1.27. The van der Waals surface area contributed by atoms with Gasteiger partial charge >= 0.3 is 0 Å². The highest BCUT2D eigenvalue weighted by atomic mass is 32.1. The fraction of sp³-hybridized carbons (Fsp3) is 0.800. The molecule has 0 aliphatic carbocycles. The lowest BCUT2D eigenvalue weighted by molar-refractivity contribution is -0.125. The molecule has 0 aromatic rings. The molecule has 0 radical (unpaired) electrons. The maximum absolute atomic E-state index is 11.5. The van der Waals surface area contributed by atoms with Gasteiger partial charge in [-0.25, -0.2) is 0 Å². The number of carbonyl (C=O) groups excluding carboxylic acids is 1. The van der Waals surface area contributed by atoms with Crippen molar-refractivity contribution in [2.75, 3.05) is 0 Å². The molecule has 0 aromatic heterocycles. The highest BCUT2D eigenvalue weighted by molar-refractivity contribution is 7.80. The molecule has 3 nitrogen and oxygen atoms in total. The molecule has 4 heteroatoms. The Balaban J connectivity index is 4.04. The van der Waals surface area contributed by atoms with Crippen LogP contribution in [0.5, 0.6) is 0 Å². The van der Waals surface area contributed by atoms with Gasteiger partial charge in [-0.3, -0.25) is 4.79 Å². The van der Waals surface area contributed by atoms with Crippen molar-refractivity contribution in [2.45, 2.75) is 46.1 Å². The van der Waals surface area contributed by atoms with E-state index in [1.807, 2.05) is 20.8 Å². The number of nitrogens with one attached hydrogen (secondary N) is 1. The molecule has 2 atom stereocenters. The van der Waals surface area contributed by atoms with Crippen LogP contribution in [0, 0.1) is 5.92 Å². The molecule has 0 heterocycles. The summed E-state index contributed by atoms with van der Waals surface area (Å²) < 4.78 is 0. The molecule has 14 heavy (non-hydrogen) atoms. The predicted molar refractivity (Wildman–Crippen MR) is 63.1 cm³/mol. The van der Waals surface area contributed by atoms with E-state index in [9.17, 15) is 4.79 Å². The van der Waals surface area contributed by atoms with Crippen LogP contribution in [0.15, 0.2) is 0 Å². The molecule has 0 bridgehead atoms. The lowest BCUT2D eigenvalue weighted by Gasteiger charge is -2.18. The lowest BCUT2D eigenvalue weighted by atomic mass is 10.1. The Hall–Kier alpha value is -0.640. The molecule has 0 aliphatic rings. The van der Waals surface area contributed by atoms with Gasteiger partial charge in [0.25, 0.3) is 0 Å². The Kier molecular flexibility index (Phi) is 6.45. The second-order valence-electron chi connectivity index (χ2n) is 3.59. The molecular weight excluding hydrogens is 196 g/mol. The third kappa shape index (κ3) is 5.17. The summed E-state index contributed by atoms with van der Waals surface area (Å²) in [5, 5.41) is 2.94. The monoisotopic (exact) mass is 216 g/mol. The third-order valence-corrected chi connectivity index (χ3v) is 2.51. The average molecular weight is 216 g/mol. The predicted octanol–water partition coefficient (Wildman–Crippen LogP) is 1.60. The number of nitrogens with two attached hydrogens (primary N) is 1. The van der Waals surface area contributed by atoms with Crippen LogP contribution in [0.3, 0.4) is 0 Å². The smallest absolute Gasteiger partial charge is 0.223 e. The summed E-state index contributed by atoms with van der Waals surface area (Å²) >= 11 is 4.81. The largest absolute Gasteiger partial charge is 0.393 e. The summed E-state index contributed by atoms with van der Waals surface area (Å²) in [6, 6.07) is 0.0917. The Labute approximate surface area is 91.4 Å². The van der Waals surface area contributed by atoms with Crippen molar-refractivity contribution >= 4 is 23.1 Å². The zero-order chi connectivity index (χ0) is 11.1. The quantitative estimate of drug-likeness (QED) is 0.663. The minimum absolute atomic E-state index is 0.0652. The molecule has 0 spiro atoms. The Morgan fingerprint density at radius 2 is 2.00 bits per heavy atom. The molecule has 0 rings (SSSR count). The van der Waals surface area contributed by atoms with Gasteiger partial charge in [-0.2, -0.15) is 0 Å².